The van der Waals surface area contributed by atoms with Gasteiger partial charge >= 0.3 is 0 Å². The Morgan fingerprint density at radius 3 is 2.47 bits per heavy atom. The van der Waals surface area contributed by atoms with E-state index in [-0.39, 0.29) is 32.4 Å². The molecule has 0 radical (unpaired) electrons. The molecular formula is C23H28Cl4N2O4S. The van der Waals surface area contributed by atoms with E-state index in [0.717, 1.165) is 50.3 Å². The SMILES string of the molecule is COc1cc2c3c(c1OC)CCC3N(CCCCNS(=O)(=O)c1cc(Cl)c(Cl)cc1Cl)CC2.Cl. The number of nitrogens with one attached hydrogen (secondary N) is 1. The van der Waals surface area contributed by atoms with Crippen LogP contribution in [-0.4, -0.2) is 47.2 Å². The summed E-state index contributed by atoms with van der Waals surface area (Å²) < 4.78 is 39.0. The molecule has 1 atom stereocenters. The molecule has 0 saturated heterocycles. The second kappa shape index (κ2) is 11.4. The normalized spacial score (nSPS) is 17.3. The third kappa shape index (κ3) is 5.41. The van der Waals surface area contributed by atoms with Gasteiger partial charge in [0.2, 0.25) is 10.0 Å². The number of rotatable bonds is 9. The van der Waals surface area contributed by atoms with Crippen molar-refractivity contribution in [1.29, 1.82) is 0 Å². The topological polar surface area (TPSA) is 67.9 Å². The van der Waals surface area contributed by atoms with Gasteiger partial charge in [0.05, 0.1) is 29.3 Å². The van der Waals surface area contributed by atoms with Crippen LogP contribution in [0.3, 0.4) is 0 Å². The van der Waals surface area contributed by atoms with E-state index >= 15 is 0 Å². The van der Waals surface area contributed by atoms with Gasteiger partial charge in [-0.15, -0.1) is 12.4 Å². The second-order valence-corrected chi connectivity index (χ2v) is 11.3. The summed E-state index contributed by atoms with van der Waals surface area (Å²) in [5, 5.41) is 0.417. The zero-order valence-corrected chi connectivity index (χ0v) is 22.9. The molecule has 6 nitrogen and oxygen atoms in total. The second-order valence-electron chi connectivity index (χ2n) is 8.31. The van der Waals surface area contributed by atoms with E-state index < -0.39 is 10.0 Å². The number of ether oxygens (including phenoxy) is 2. The predicted molar refractivity (Wildman–Crippen MR) is 139 cm³/mol. The highest BCUT2D eigenvalue weighted by atomic mass is 35.5. The first kappa shape index (κ1) is 27.7. The van der Waals surface area contributed by atoms with Crippen LogP contribution in [-0.2, 0) is 22.9 Å². The third-order valence-electron chi connectivity index (χ3n) is 6.44. The van der Waals surface area contributed by atoms with Crippen LogP contribution in [0.25, 0.3) is 0 Å². The summed E-state index contributed by atoms with van der Waals surface area (Å²) in [6.07, 6.45) is 4.61. The fraction of sp³-hybridized carbons (Fsp3) is 0.478. The molecule has 1 heterocycles. The van der Waals surface area contributed by atoms with Gasteiger partial charge in [-0.3, -0.25) is 4.90 Å². The standard InChI is InChI=1S/C23H27Cl3N2O4S.ClH/c1-31-20-11-14-7-10-28(19-6-5-15(22(14)19)23(20)32-2)9-4-3-8-27-33(29,30)21-13-17(25)16(24)12-18(21)26;/h11-13,19,27H,3-10H2,1-2H3;1H. The van der Waals surface area contributed by atoms with Crippen molar-refractivity contribution in [3.05, 3.63) is 50.0 Å². The molecule has 2 aromatic rings. The van der Waals surface area contributed by atoms with E-state index in [9.17, 15) is 8.42 Å². The molecule has 1 unspecified atom stereocenters. The lowest BCUT2D eigenvalue weighted by molar-refractivity contribution is 0.182. The first-order valence-electron chi connectivity index (χ1n) is 10.9. The summed E-state index contributed by atoms with van der Waals surface area (Å²) in [6, 6.07) is 5.13. The summed E-state index contributed by atoms with van der Waals surface area (Å²) in [5.41, 5.74) is 4.02. The molecule has 0 fully saturated rings. The first-order chi connectivity index (χ1) is 15.8. The number of hydrogen-bond donors (Lipinski definition) is 1. The van der Waals surface area contributed by atoms with Gasteiger partial charge in [0, 0.05) is 24.7 Å². The molecular weight excluding hydrogens is 542 g/mol. The molecule has 1 N–H and O–H groups in total. The summed E-state index contributed by atoms with van der Waals surface area (Å²) in [6.45, 7) is 2.22. The van der Waals surface area contributed by atoms with Gasteiger partial charge in [0.1, 0.15) is 4.90 Å². The Balaban J connectivity index is 0.00000324. The van der Waals surface area contributed by atoms with E-state index in [1.54, 1.807) is 14.2 Å². The van der Waals surface area contributed by atoms with Crippen LogP contribution in [0, 0.1) is 0 Å². The first-order valence-corrected chi connectivity index (χ1v) is 13.5. The lowest BCUT2D eigenvalue weighted by Crippen LogP contribution is -2.35. The number of hydrogen-bond acceptors (Lipinski definition) is 5. The Kier molecular flexibility index (Phi) is 9.29. The van der Waals surface area contributed by atoms with Gasteiger partial charge in [-0.1, -0.05) is 34.8 Å². The molecule has 2 aromatic carbocycles. The van der Waals surface area contributed by atoms with Crippen LogP contribution in [0.15, 0.2) is 23.1 Å². The minimum absolute atomic E-state index is 0. The molecule has 34 heavy (non-hydrogen) atoms. The maximum atomic E-state index is 12.6. The largest absolute Gasteiger partial charge is 0.493 e. The van der Waals surface area contributed by atoms with Crippen LogP contribution >= 0.6 is 47.2 Å². The van der Waals surface area contributed by atoms with Gasteiger partial charge in [-0.2, -0.15) is 0 Å². The number of unbranched alkanes of at least 4 members (excludes halogenated alkanes) is 1. The van der Waals surface area contributed by atoms with Crippen molar-refractivity contribution in [3.63, 3.8) is 0 Å². The average Bonchev–Trinajstić information content (AvgIpc) is 3.23. The predicted octanol–water partition coefficient (Wildman–Crippen LogP) is 5.69. The van der Waals surface area contributed by atoms with E-state index in [1.807, 2.05) is 0 Å². The molecule has 188 valence electrons. The fourth-order valence-electron chi connectivity index (χ4n) is 4.92. The fourth-order valence-corrected chi connectivity index (χ4v) is 7.00. The Hall–Kier alpha value is -0.930. The molecule has 0 spiro atoms. The Morgan fingerprint density at radius 2 is 1.76 bits per heavy atom. The third-order valence-corrected chi connectivity index (χ3v) is 9.08. The van der Waals surface area contributed by atoms with Crippen molar-refractivity contribution in [2.45, 2.75) is 43.0 Å². The summed E-state index contributed by atoms with van der Waals surface area (Å²) in [4.78, 5) is 2.45. The highest BCUT2D eigenvalue weighted by Crippen LogP contribution is 2.48. The van der Waals surface area contributed by atoms with Crippen molar-refractivity contribution < 1.29 is 17.9 Å². The van der Waals surface area contributed by atoms with Crippen LogP contribution in [0.4, 0.5) is 0 Å². The van der Waals surface area contributed by atoms with E-state index in [4.69, 9.17) is 44.3 Å². The maximum absolute atomic E-state index is 12.6. The number of nitrogens with zero attached hydrogens (tertiary/aromatic N) is 1. The van der Waals surface area contributed by atoms with E-state index in [2.05, 4.69) is 15.7 Å². The van der Waals surface area contributed by atoms with Crippen molar-refractivity contribution >= 4 is 57.2 Å². The van der Waals surface area contributed by atoms with Gasteiger partial charge in [-0.05, 0) is 68.0 Å². The molecule has 0 saturated carbocycles. The van der Waals surface area contributed by atoms with Crippen LogP contribution in [0.5, 0.6) is 11.5 Å². The maximum Gasteiger partial charge on any atom is 0.242 e. The van der Waals surface area contributed by atoms with Gasteiger partial charge < -0.3 is 9.47 Å². The highest BCUT2D eigenvalue weighted by Gasteiger charge is 2.36. The molecule has 1 aliphatic heterocycles. The summed E-state index contributed by atoms with van der Waals surface area (Å²) >= 11 is 17.9. The zero-order chi connectivity index (χ0) is 23.8. The number of methoxy groups -OCH3 is 2. The molecule has 0 bridgehead atoms. The lowest BCUT2D eigenvalue weighted by Gasteiger charge is -2.35. The lowest BCUT2D eigenvalue weighted by atomic mass is 9.92. The van der Waals surface area contributed by atoms with Crippen molar-refractivity contribution in [1.82, 2.24) is 9.62 Å². The highest BCUT2D eigenvalue weighted by molar-refractivity contribution is 7.89. The average molecular weight is 570 g/mol. The van der Waals surface area contributed by atoms with Gasteiger partial charge in [0.15, 0.2) is 11.5 Å². The molecule has 1 aliphatic carbocycles. The summed E-state index contributed by atoms with van der Waals surface area (Å²) in [7, 11) is -0.383. The quantitative estimate of drug-likeness (QED) is 0.310. The Morgan fingerprint density at radius 1 is 1.03 bits per heavy atom. The van der Waals surface area contributed by atoms with E-state index in [0.29, 0.717) is 19.0 Å². The van der Waals surface area contributed by atoms with Gasteiger partial charge in [0.25, 0.3) is 0 Å². The molecule has 4 rings (SSSR count). The summed E-state index contributed by atoms with van der Waals surface area (Å²) in [5.74, 6) is 1.67. The minimum Gasteiger partial charge on any atom is -0.493 e. The molecule has 2 aliphatic rings. The molecule has 0 amide bonds. The number of sulfonamides is 1. The zero-order valence-electron chi connectivity index (χ0n) is 19.0. The van der Waals surface area contributed by atoms with Gasteiger partial charge in [-0.25, -0.2) is 13.1 Å². The van der Waals surface area contributed by atoms with E-state index in [1.165, 1.54) is 28.8 Å². The monoisotopic (exact) mass is 568 g/mol. The molecule has 0 aromatic heterocycles. The Bertz CT molecular complexity index is 1160. The Labute approximate surface area is 222 Å². The molecule has 11 heteroatoms. The van der Waals surface area contributed by atoms with Crippen LogP contribution in [0.2, 0.25) is 15.1 Å². The van der Waals surface area contributed by atoms with Crippen molar-refractivity contribution in [2.24, 2.45) is 0 Å². The van der Waals surface area contributed by atoms with Crippen molar-refractivity contribution in [2.75, 3.05) is 33.9 Å². The van der Waals surface area contributed by atoms with Crippen LogP contribution < -0.4 is 14.2 Å². The minimum atomic E-state index is -3.76. The van der Waals surface area contributed by atoms with Crippen LogP contribution in [0.1, 0.15) is 42.0 Å². The smallest absolute Gasteiger partial charge is 0.242 e. The number of benzene rings is 2. The van der Waals surface area contributed by atoms with Crippen molar-refractivity contribution in [3.8, 4) is 11.5 Å². The number of halogens is 4.